The quantitative estimate of drug-likeness (QED) is 0.647. The molecule has 0 unspecified atom stereocenters. The number of ether oxygens (including phenoxy) is 1. The molecule has 1 aromatic carbocycles. The number of hydrogen-bond donors (Lipinski definition) is 2. The Bertz CT molecular complexity index is 586. The van der Waals surface area contributed by atoms with Crippen molar-refractivity contribution in [3.8, 4) is 0 Å². The van der Waals surface area contributed by atoms with Gasteiger partial charge in [-0.3, -0.25) is 4.79 Å². The van der Waals surface area contributed by atoms with E-state index >= 15 is 0 Å². The number of carboxylic acids is 1. The van der Waals surface area contributed by atoms with Gasteiger partial charge in [0.2, 0.25) is 0 Å². The highest BCUT2D eigenvalue weighted by molar-refractivity contribution is 5.91. The van der Waals surface area contributed by atoms with Crippen molar-refractivity contribution in [3.63, 3.8) is 0 Å². The predicted molar refractivity (Wildman–Crippen MR) is 75.6 cm³/mol. The van der Waals surface area contributed by atoms with Crippen LogP contribution >= 0.6 is 0 Å². The smallest absolute Gasteiger partial charge is 0.343 e. The summed E-state index contributed by atoms with van der Waals surface area (Å²) in [4.78, 5) is 23.4. The number of hydrogen-bond acceptors (Lipinski definition) is 4. The van der Waals surface area contributed by atoms with Gasteiger partial charge in [-0.1, -0.05) is 42.5 Å². The van der Waals surface area contributed by atoms with Gasteiger partial charge in [-0.05, 0) is 24.6 Å². The molecule has 21 heavy (non-hydrogen) atoms. The summed E-state index contributed by atoms with van der Waals surface area (Å²) in [5.74, 6) is -1.92. The van der Waals surface area contributed by atoms with Gasteiger partial charge < -0.3 is 14.9 Å². The Morgan fingerprint density at radius 1 is 1.10 bits per heavy atom. The van der Waals surface area contributed by atoms with Gasteiger partial charge in [0.25, 0.3) is 0 Å². The molecule has 5 heteroatoms. The summed E-state index contributed by atoms with van der Waals surface area (Å²) in [7, 11) is 0. The molecule has 0 spiro atoms. The highest BCUT2D eigenvalue weighted by atomic mass is 16.5. The molecule has 2 rings (SSSR count). The Labute approximate surface area is 122 Å². The number of carboxylic acid groups (broad SMARTS) is 1. The molecule has 1 aliphatic carbocycles. The molecular weight excluding hydrogens is 272 g/mol. The van der Waals surface area contributed by atoms with Crippen LogP contribution in [0.25, 0.3) is 0 Å². The molecule has 0 aromatic heterocycles. The highest BCUT2D eigenvalue weighted by Crippen LogP contribution is 2.34. The predicted octanol–water partition coefficient (Wildman–Crippen LogP) is 1.43. The second kappa shape index (κ2) is 5.54. The molecule has 1 aliphatic rings. The van der Waals surface area contributed by atoms with Gasteiger partial charge in [-0.2, -0.15) is 0 Å². The number of benzene rings is 1. The number of esters is 1. The standard InChI is InChI=1S/C16H16O5/c1-2-21-14(19)15(12-6-4-3-5-7-12)8-10-16(20,11-9-15)13(17)18/h3-11,20H,2H2,1H3,(H,17,18). The molecule has 0 saturated carbocycles. The fourth-order valence-corrected chi connectivity index (χ4v) is 2.18. The summed E-state index contributed by atoms with van der Waals surface area (Å²) in [6.07, 6.45) is 4.93. The van der Waals surface area contributed by atoms with Crippen LogP contribution in [0.3, 0.4) is 0 Å². The lowest BCUT2D eigenvalue weighted by Gasteiger charge is -2.31. The molecule has 2 N–H and O–H groups in total. The molecule has 0 atom stereocenters. The summed E-state index contributed by atoms with van der Waals surface area (Å²) in [5, 5.41) is 18.9. The first-order valence-corrected chi connectivity index (χ1v) is 6.54. The van der Waals surface area contributed by atoms with Gasteiger partial charge in [-0.15, -0.1) is 0 Å². The minimum atomic E-state index is -2.11. The fourth-order valence-electron chi connectivity index (χ4n) is 2.18. The Morgan fingerprint density at radius 3 is 2.14 bits per heavy atom. The number of aliphatic carboxylic acids is 1. The van der Waals surface area contributed by atoms with Crippen molar-refractivity contribution in [2.45, 2.75) is 17.9 Å². The molecule has 0 fully saturated rings. The van der Waals surface area contributed by atoms with E-state index < -0.39 is 23.0 Å². The Balaban J connectivity index is 2.50. The lowest BCUT2D eigenvalue weighted by molar-refractivity contribution is -0.151. The molecule has 0 amide bonds. The van der Waals surface area contributed by atoms with E-state index in [2.05, 4.69) is 0 Å². The van der Waals surface area contributed by atoms with Crippen LogP contribution < -0.4 is 0 Å². The molecule has 0 saturated heterocycles. The maximum atomic E-state index is 12.3. The lowest BCUT2D eigenvalue weighted by Crippen LogP contribution is -2.42. The first-order valence-electron chi connectivity index (χ1n) is 6.54. The van der Waals surface area contributed by atoms with Crippen LogP contribution in [-0.2, 0) is 19.7 Å². The van der Waals surface area contributed by atoms with Crippen LogP contribution in [0, 0.1) is 0 Å². The molecule has 5 nitrogen and oxygen atoms in total. The SMILES string of the molecule is CCOC(=O)C1(c2ccccc2)C=CC(O)(C(=O)O)C=C1. The van der Waals surface area contributed by atoms with Crippen LogP contribution in [0.5, 0.6) is 0 Å². The van der Waals surface area contributed by atoms with Gasteiger partial charge in [0, 0.05) is 0 Å². The fraction of sp³-hybridized carbons (Fsp3) is 0.250. The van der Waals surface area contributed by atoms with E-state index in [9.17, 15) is 14.7 Å². The largest absolute Gasteiger partial charge is 0.479 e. The molecule has 0 bridgehead atoms. The highest BCUT2D eigenvalue weighted by Gasteiger charge is 2.43. The summed E-state index contributed by atoms with van der Waals surface area (Å²) in [6, 6.07) is 8.85. The van der Waals surface area contributed by atoms with Crippen LogP contribution in [0.15, 0.2) is 54.6 Å². The maximum absolute atomic E-state index is 12.3. The maximum Gasteiger partial charge on any atom is 0.343 e. The molecule has 1 aromatic rings. The van der Waals surface area contributed by atoms with E-state index in [1.807, 2.05) is 6.07 Å². The monoisotopic (exact) mass is 288 g/mol. The molecule has 110 valence electrons. The van der Waals surface area contributed by atoms with E-state index in [-0.39, 0.29) is 6.61 Å². The molecular formula is C16H16O5. The molecule has 0 aliphatic heterocycles. The first-order chi connectivity index (χ1) is 9.94. The van der Waals surface area contributed by atoms with Gasteiger partial charge in [0.15, 0.2) is 5.60 Å². The third kappa shape index (κ3) is 2.60. The van der Waals surface area contributed by atoms with Crippen molar-refractivity contribution in [2.75, 3.05) is 6.61 Å². The Kier molecular flexibility index (Phi) is 3.95. The normalized spacial score (nSPS) is 27.3. The average molecular weight is 288 g/mol. The minimum absolute atomic E-state index is 0.207. The zero-order valence-corrected chi connectivity index (χ0v) is 11.5. The minimum Gasteiger partial charge on any atom is -0.479 e. The van der Waals surface area contributed by atoms with Crippen molar-refractivity contribution in [1.82, 2.24) is 0 Å². The van der Waals surface area contributed by atoms with Crippen molar-refractivity contribution in [3.05, 3.63) is 60.2 Å². The first kappa shape index (κ1) is 15.0. The Hall–Kier alpha value is -2.40. The second-order valence-corrected chi connectivity index (χ2v) is 4.75. The van der Waals surface area contributed by atoms with Gasteiger partial charge >= 0.3 is 11.9 Å². The van der Waals surface area contributed by atoms with Crippen LogP contribution in [0.1, 0.15) is 12.5 Å². The van der Waals surface area contributed by atoms with Crippen molar-refractivity contribution < 1.29 is 24.5 Å². The van der Waals surface area contributed by atoms with Crippen molar-refractivity contribution >= 4 is 11.9 Å². The van der Waals surface area contributed by atoms with Gasteiger partial charge in [0.05, 0.1) is 6.61 Å². The average Bonchev–Trinajstić information content (AvgIpc) is 2.49. The van der Waals surface area contributed by atoms with E-state index in [4.69, 9.17) is 9.84 Å². The number of carbonyl (C=O) groups is 2. The van der Waals surface area contributed by atoms with Gasteiger partial charge in [-0.25, -0.2) is 4.79 Å². The Morgan fingerprint density at radius 2 is 1.67 bits per heavy atom. The summed E-state index contributed by atoms with van der Waals surface area (Å²) < 4.78 is 5.10. The molecule has 0 heterocycles. The summed E-state index contributed by atoms with van der Waals surface area (Å²) in [6.45, 7) is 1.90. The third-order valence-corrected chi connectivity index (χ3v) is 3.41. The zero-order chi connectivity index (χ0) is 15.5. The van der Waals surface area contributed by atoms with E-state index in [1.54, 1.807) is 31.2 Å². The number of rotatable bonds is 4. The van der Waals surface area contributed by atoms with Crippen molar-refractivity contribution in [1.29, 1.82) is 0 Å². The van der Waals surface area contributed by atoms with Crippen LogP contribution in [-0.4, -0.2) is 34.4 Å². The van der Waals surface area contributed by atoms with Crippen LogP contribution in [0.4, 0.5) is 0 Å². The lowest BCUT2D eigenvalue weighted by atomic mass is 9.75. The van der Waals surface area contributed by atoms with E-state index in [1.165, 1.54) is 12.2 Å². The van der Waals surface area contributed by atoms with Crippen molar-refractivity contribution in [2.24, 2.45) is 0 Å². The zero-order valence-electron chi connectivity index (χ0n) is 11.5. The second-order valence-electron chi connectivity index (χ2n) is 4.75. The topological polar surface area (TPSA) is 83.8 Å². The number of carbonyl (C=O) groups excluding carboxylic acids is 1. The van der Waals surface area contributed by atoms with Crippen LogP contribution in [0.2, 0.25) is 0 Å². The summed E-state index contributed by atoms with van der Waals surface area (Å²) in [5.41, 5.74) is -2.69. The van der Waals surface area contributed by atoms with E-state index in [0.717, 1.165) is 12.2 Å². The van der Waals surface area contributed by atoms with Gasteiger partial charge in [0.1, 0.15) is 5.41 Å². The third-order valence-electron chi connectivity index (χ3n) is 3.41. The summed E-state index contributed by atoms with van der Waals surface area (Å²) >= 11 is 0. The number of aliphatic hydroxyl groups is 1. The molecule has 0 radical (unpaired) electrons. The van der Waals surface area contributed by atoms with E-state index in [0.29, 0.717) is 5.56 Å².